The summed E-state index contributed by atoms with van der Waals surface area (Å²) in [4.78, 5) is 37.5. The molecule has 0 fully saturated rings. The van der Waals surface area contributed by atoms with E-state index in [1.807, 2.05) is 0 Å². The van der Waals surface area contributed by atoms with Crippen molar-refractivity contribution in [3.63, 3.8) is 0 Å². The van der Waals surface area contributed by atoms with E-state index in [2.05, 4.69) is 5.32 Å². The minimum atomic E-state index is -1.32. The SMILES string of the molecule is COC(=O)C1=C(N)OC2=C(CCCC2=O)C12NC(=O)c1ccccc12. The first-order valence-electron chi connectivity index (χ1n) is 7.96. The van der Waals surface area contributed by atoms with Gasteiger partial charge >= 0.3 is 5.97 Å². The van der Waals surface area contributed by atoms with E-state index in [-0.39, 0.29) is 28.9 Å². The molecule has 0 radical (unpaired) electrons. The first-order valence-corrected chi connectivity index (χ1v) is 7.96. The molecule has 0 saturated heterocycles. The number of esters is 1. The molecular weight excluding hydrogens is 324 g/mol. The number of Topliss-reactive ketones (excluding diaryl/α,β-unsaturated/α-hetero) is 1. The van der Waals surface area contributed by atoms with Crippen LogP contribution < -0.4 is 11.1 Å². The monoisotopic (exact) mass is 340 g/mol. The largest absolute Gasteiger partial charge is 0.465 e. The molecule has 3 N–H and O–H groups in total. The van der Waals surface area contributed by atoms with Gasteiger partial charge in [-0.15, -0.1) is 0 Å². The number of amides is 1. The van der Waals surface area contributed by atoms with Crippen LogP contribution in [0.15, 0.2) is 47.1 Å². The van der Waals surface area contributed by atoms with Gasteiger partial charge in [0, 0.05) is 17.6 Å². The maximum atomic E-state index is 12.6. The molecule has 0 aromatic heterocycles. The van der Waals surface area contributed by atoms with Gasteiger partial charge in [-0.1, -0.05) is 18.2 Å². The van der Waals surface area contributed by atoms with Crippen LogP contribution in [0.25, 0.3) is 0 Å². The van der Waals surface area contributed by atoms with Gasteiger partial charge in [0.1, 0.15) is 11.1 Å². The molecule has 1 aromatic rings. The number of hydrogen-bond acceptors (Lipinski definition) is 6. The number of nitrogens with two attached hydrogens (primary N) is 1. The second-order valence-electron chi connectivity index (χ2n) is 6.17. The number of allylic oxidation sites excluding steroid dienone is 1. The maximum absolute atomic E-state index is 12.6. The number of ketones is 1. The van der Waals surface area contributed by atoms with Crippen LogP contribution in [-0.2, 0) is 24.6 Å². The maximum Gasteiger partial charge on any atom is 0.342 e. The summed E-state index contributed by atoms with van der Waals surface area (Å²) in [5, 5.41) is 2.88. The van der Waals surface area contributed by atoms with E-state index in [1.165, 1.54) is 7.11 Å². The van der Waals surface area contributed by atoms with E-state index in [0.29, 0.717) is 36.0 Å². The van der Waals surface area contributed by atoms with Gasteiger partial charge in [-0.2, -0.15) is 0 Å². The molecule has 1 aliphatic carbocycles. The highest BCUT2D eigenvalue weighted by Crippen LogP contribution is 2.50. The van der Waals surface area contributed by atoms with Crippen LogP contribution in [0.1, 0.15) is 35.2 Å². The van der Waals surface area contributed by atoms with Gasteiger partial charge in [-0.05, 0) is 24.5 Å². The molecule has 1 atom stereocenters. The number of nitrogens with one attached hydrogen (secondary N) is 1. The zero-order chi connectivity index (χ0) is 17.8. The third-order valence-corrected chi connectivity index (χ3v) is 4.91. The number of carbonyl (C=O) groups excluding carboxylic acids is 3. The third-order valence-electron chi connectivity index (χ3n) is 4.91. The second-order valence-corrected chi connectivity index (χ2v) is 6.17. The Bertz CT molecular complexity index is 898. The normalized spacial score (nSPS) is 24.7. The summed E-state index contributed by atoms with van der Waals surface area (Å²) in [7, 11) is 1.23. The number of hydrogen-bond donors (Lipinski definition) is 2. The van der Waals surface area contributed by atoms with Gasteiger partial charge in [0.2, 0.25) is 5.88 Å². The molecular formula is C18H16N2O5. The predicted molar refractivity (Wildman–Crippen MR) is 85.8 cm³/mol. The Morgan fingerprint density at radius 3 is 2.80 bits per heavy atom. The van der Waals surface area contributed by atoms with Crippen molar-refractivity contribution in [1.29, 1.82) is 0 Å². The molecule has 128 valence electrons. The van der Waals surface area contributed by atoms with Crippen molar-refractivity contribution in [2.24, 2.45) is 5.73 Å². The fraction of sp³-hybridized carbons (Fsp3) is 0.278. The van der Waals surface area contributed by atoms with Gasteiger partial charge < -0.3 is 20.5 Å². The average Bonchev–Trinajstić information content (AvgIpc) is 2.89. The van der Waals surface area contributed by atoms with Gasteiger partial charge in [-0.25, -0.2) is 4.79 Å². The van der Waals surface area contributed by atoms with Gasteiger partial charge in [0.25, 0.3) is 5.91 Å². The van der Waals surface area contributed by atoms with Crippen LogP contribution in [0.4, 0.5) is 0 Å². The van der Waals surface area contributed by atoms with Crippen LogP contribution in [0.2, 0.25) is 0 Å². The van der Waals surface area contributed by atoms with Crippen molar-refractivity contribution >= 4 is 17.7 Å². The number of rotatable bonds is 1. The number of carbonyl (C=O) groups is 3. The van der Waals surface area contributed by atoms with Crippen molar-refractivity contribution in [2.75, 3.05) is 7.11 Å². The molecule has 0 bridgehead atoms. The lowest BCUT2D eigenvalue weighted by Gasteiger charge is -2.40. The Morgan fingerprint density at radius 1 is 1.28 bits per heavy atom. The van der Waals surface area contributed by atoms with Crippen molar-refractivity contribution in [1.82, 2.24) is 5.32 Å². The summed E-state index contributed by atoms with van der Waals surface area (Å²) >= 11 is 0. The molecule has 0 saturated carbocycles. The minimum absolute atomic E-state index is 0.00162. The van der Waals surface area contributed by atoms with Crippen molar-refractivity contribution < 1.29 is 23.9 Å². The van der Waals surface area contributed by atoms with Crippen molar-refractivity contribution in [2.45, 2.75) is 24.8 Å². The lowest BCUT2D eigenvalue weighted by atomic mass is 9.71. The van der Waals surface area contributed by atoms with Crippen LogP contribution in [0, 0.1) is 0 Å². The molecule has 2 aliphatic heterocycles. The summed E-state index contributed by atoms with van der Waals surface area (Å²) in [5.74, 6) is -1.34. The number of fused-ring (bicyclic) bond motifs is 3. The molecule has 7 nitrogen and oxygen atoms in total. The van der Waals surface area contributed by atoms with E-state index in [0.717, 1.165) is 0 Å². The highest BCUT2D eigenvalue weighted by atomic mass is 16.5. The van der Waals surface area contributed by atoms with E-state index >= 15 is 0 Å². The zero-order valence-corrected chi connectivity index (χ0v) is 13.5. The molecule has 1 aromatic carbocycles. The summed E-state index contributed by atoms with van der Waals surface area (Å²) in [5.41, 5.74) is 6.24. The molecule has 1 spiro atoms. The quantitative estimate of drug-likeness (QED) is 0.739. The van der Waals surface area contributed by atoms with Crippen molar-refractivity contribution in [3.8, 4) is 0 Å². The standard InChI is InChI=1S/C18H16N2O5/c1-24-17(23)13-15(19)25-14-11(7-4-8-12(14)21)18(13)10-6-3-2-5-9(10)16(22)20-18/h2-3,5-6H,4,7-8,19H2,1H3,(H,20,22). The van der Waals surface area contributed by atoms with Crippen LogP contribution in [-0.4, -0.2) is 24.8 Å². The fourth-order valence-electron chi connectivity index (χ4n) is 3.90. The molecule has 2 heterocycles. The summed E-state index contributed by atoms with van der Waals surface area (Å²) in [6, 6.07) is 6.93. The lowest BCUT2D eigenvalue weighted by molar-refractivity contribution is -0.137. The number of benzene rings is 1. The predicted octanol–water partition coefficient (Wildman–Crippen LogP) is 1.01. The molecule has 4 rings (SSSR count). The van der Waals surface area contributed by atoms with Gasteiger partial charge in [0.15, 0.2) is 11.5 Å². The molecule has 7 heteroatoms. The Hall–Kier alpha value is -3.09. The van der Waals surface area contributed by atoms with E-state index in [9.17, 15) is 14.4 Å². The minimum Gasteiger partial charge on any atom is -0.465 e. The Morgan fingerprint density at radius 2 is 2.04 bits per heavy atom. The highest BCUT2D eigenvalue weighted by Gasteiger charge is 2.57. The number of ether oxygens (including phenoxy) is 2. The van der Waals surface area contributed by atoms with E-state index in [1.54, 1.807) is 24.3 Å². The molecule has 3 aliphatic rings. The Labute approximate surface area is 143 Å². The van der Waals surface area contributed by atoms with E-state index in [4.69, 9.17) is 15.2 Å². The van der Waals surface area contributed by atoms with Gasteiger partial charge in [0.05, 0.1) is 7.11 Å². The van der Waals surface area contributed by atoms with Crippen molar-refractivity contribution in [3.05, 3.63) is 58.2 Å². The summed E-state index contributed by atoms with van der Waals surface area (Å²) in [6.07, 6.45) is 1.45. The second kappa shape index (κ2) is 5.20. The molecule has 25 heavy (non-hydrogen) atoms. The number of methoxy groups -OCH3 is 1. The third kappa shape index (κ3) is 1.89. The highest BCUT2D eigenvalue weighted by molar-refractivity contribution is 6.07. The topological polar surface area (TPSA) is 108 Å². The smallest absolute Gasteiger partial charge is 0.342 e. The lowest BCUT2D eigenvalue weighted by Crippen LogP contribution is -2.50. The fourth-order valence-corrected chi connectivity index (χ4v) is 3.90. The Balaban J connectivity index is 2.07. The Kier molecular flexibility index (Phi) is 3.21. The molecule has 1 amide bonds. The van der Waals surface area contributed by atoms with E-state index < -0.39 is 11.5 Å². The van der Waals surface area contributed by atoms with Crippen LogP contribution in [0.3, 0.4) is 0 Å². The summed E-state index contributed by atoms with van der Waals surface area (Å²) in [6.45, 7) is 0. The van der Waals surface area contributed by atoms with Gasteiger partial charge in [-0.3, -0.25) is 9.59 Å². The summed E-state index contributed by atoms with van der Waals surface area (Å²) < 4.78 is 10.4. The average molecular weight is 340 g/mol. The molecule has 1 unspecified atom stereocenters. The van der Waals surface area contributed by atoms with Crippen LogP contribution >= 0.6 is 0 Å². The first kappa shape index (κ1) is 15.4. The zero-order valence-electron chi connectivity index (χ0n) is 13.5. The van der Waals surface area contributed by atoms with Crippen LogP contribution in [0.5, 0.6) is 0 Å². The first-order chi connectivity index (χ1) is 12.0.